The van der Waals surface area contributed by atoms with Crippen molar-refractivity contribution in [2.75, 3.05) is 13.2 Å². The zero-order valence-electron chi connectivity index (χ0n) is 11.9. The van der Waals surface area contributed by atoms with E-state index in [4.69, 9.17) is 14.6 Å². The Labute approximate surface area is 128 Å². The van der Waals surface area contributed by atoms with Crippen LogP contribution in [0.4, 0.5) is 0 Å². The van der Waals surface area contributed by atoms with E-state index in [1.54, 1.807) is 42.5 Å². The third-order valence-corrected chi connectivity index (χ3v) is 2.97. The third-order valence-electron chi connectivity index (χ3n) is 2.97. The maximum atomic E-state index is 11.0. The number of aldehydes is 1. The first-order valence-electron chi connectivity index (χ1n) is 6.84. The van der Waals surface area contributed by atoms with Gasteiger partial charge in [0.1, 0.15) is 17.1 Å². The normalized spacial score (nSPS) is 10.0. The van der Waals surface area contributed by atoms with Gasteiger partial charge in [-0.2, -0.15) is 0 Å². The largest absolute Gasteiger partial charge is 0.493 e. The zero-order chi connectivity index (χ0) is 15.8. The lowest BCUT2D eigenvalue weighted by atomic mass is 10.2. The molecule has 2 aromatic carbocycles. The van der Waals surface area contributed by atoms with Crippen LogP contribution in [0, 0.1) is 0 Å². The summed E-state index contributed by atoms with van der Waals surface area (Å²) in [5.74, 6) is -0.154. The van der Waals surface area contributed by atoms with Gasteiger partial charge < -0.3 is 14.6 Å². The molecule has 0 unspecified atom stereocenters. The van der Waals surface area contributed by atoms with Crippen molar-refractivity contribution in [1.82, 2.24) is 0 Å². The Morgan fingerprint density at radius 3 is 2.23 bits per heavy atom. The van der Waals surface area contributed by atoms with Gasteiger partial charge in [-0.15, -0.1) is 0 Å². The van der Waals surface area contributed by atoms with E-state index in [2.05, 4.69) is 0 Å². The van der Waals surface area contributed by atoms with Gasteiger partial charge in [0.05, 0.1) is 18.8 Å². The Hall–Kier alpha value is -2.82. The standard InChI is InChI=1S/C17H16O5/c18-12-13-6-1-3-8-15(13)21-10-5-11-22-16-9-4-2-7-14(16)17(19)20/h1-4,6-9,12H,5,10-11H2,(H,19,20). The molecule has 5 heteroatoms. The first-order chi connectivity index (χ1) is 10.7. The fraction of sp³-hybridized carbons (Fsp3) is 0.176. The summed E-state index contributed by atoms with van der Waals surface area (Å²) in [4.78, 5) is 21.9. The second-order valence-electron chi connectivity index (χ2n) is 4.51. The summed E-state index contributed by atoms with van der Waals surface area (Å²) in [5.41, 5.74) is 0.634. The molecule has 0 heterocycles. The van der Waals surface area contributed by atoms with Crippen LogP contribution in [-0.4, -0.2) is 30.6 Å². The molecule has 0 saturated heterocycles. The first-order valence-corrected chi connectivity index (χ1v) is 6.84. The topological polar surface area (TPSA) is 72.8 Å². The molecular formula is C17H16O5. The molecule has 22 heavy (non-hydrogen) atoms. The van der Waals surface area contributed by atoms with Gasteiger partial charge in [0.15, 0.2) is 6.29 Å². The number of hydrogen-bond acceptors (Lipinski definition) is 4. The Bertz CT molecular complexity index is 651. The Balaban J connectivity index is 1.81. The van der Waals surface area contributed by atoms with Crippen molar-refractivity contribution >= 4 is 12.3 Å². The molecule has 0 aliphatic rings. The number of carboxylic acids is 1. The molecular weight excluding hydrogens is 284 g/mol. The van der Waals surface area contributed by atoms with Gasteiger partial charge in [0.25, 0.3) is 0 Å². The molecule has 2 aromatic rings. The molecule has 0 aliphatic carbocycles. The van der Waals surface area contributed by atoms with E-state index in [-0.39, 0.29) is 5.56 Å². The Morgan fingerprint density at radius 1 is 0.955 bits per heavy atom. The highest BCUT2D eigenvalue weighted by Crippen LogP contribution is 2.18. The van der Waals surface area contributed by atoms with E-state index >= 15 is 0 Å². The van der Waals surface area contributed by atoms with Gasteiger partial charge >= 0.3 is 5.97 Å². The summed E-state index contributed by atoms with van der Waals surface area (Å²) in [5, 5.41) is 9.04. The molecule has 0 aromatic heterocycles. The van der Waals surface area contributed by atoms with Crippen LogP contribution in [0.2, 0.25) is 0 Å². The van der Waals surface area contributed by atoms with Crippen molar-refractivity contribution in [3.63, 3.8) is 0 Å². The van der Waals surface area contributed by atoms with Crippen LogP contribution in [0.5, 0.6) is 11.5 Å². The number of para-hydroxylation sites is 2. The second-order valence-corrected chi connectivity index (χ2v) is 4.51. The van der Waals surface area contributed by atoms with Crippen molar-refractivity contribution in [3.05, 3.63) is 59.7 Å². The van der Waals surface area contributed by atoms with Gasteiger partial charge in [-0.3, -0.25) is 4.79 Å². The third kappa shape index (κ3) is 4.09. The molecule has 5 nitrogen and oxygen atoms in total. The molecule has 0 spiro atoms. The molecule has 2 rings (SSSR count). The number of carbonyl (C=O) groups excluding carboxylic acids is 1. The van der Waals surface area contributed by atoms with Crippen LogP contribution in [0.1, 0.15) is 27.1 Å². The minimum absolute atomic E-state index is 0.134. The van der Waals surface area contributed by atoms with E-state index in [1.807, 2.05) is 0 Å². The molecule has 114 valence electrons. The lowest BCUT2D eigenvalue weighted by molar-refractivity contribution is 0.0692. The van der Waals surface area contributed by atoms with Crippen molar-refractivity contribution in [1.29, 1.82) is 0 Å². The SMILES string of the molecule is O=Cc1ccccc1OCCCOc1ccccc1C(=O)O. The highest BCUT2D eigenvalue weighted by Gasteiger charge is 2.09. The van der Waals surface area contributed by atoms with Crippen LogP contribution in [0.3, 0.4) is 0 Å². The minimum Gasteiger partial charge on any atom is -0.493 e. The van der Waals surface area contributed by atoms with E-state index in [0.29, 0.717) is 36.7 Å². The summed E-state index contributed by atoms with van der Waals surface area (Å²) >= 11 is 0. The van der Waals surface area contributed by atoms with Crippen molar-refractivity contribution in [2.45, 2.75) is 6.42 Å². The quantitative estimate of drug-likeness (QED) is 0.599. The summed E-state index contributed by atoms with van der Waals surface area (Å²) in [7, 11) is 0. The summed E-state index contributed by atoms with van der Waals surface area (Å²) in [6, 6.07) is 13.5. The van der Waals surface area contributed by atoms with Crippen molar-refractivity contribution in [3.8, 4) is 11.5 Å². The Morgan fingerprint density at radius 2 is 1.55 bits per heavy atom. The Kier molecular flexibility index (Phi) is 5.54. The number of carbonyl (C=O) groups is 2. The van der Waals surface area contributed by atoms with Gasteiger partial charge in [0.2, 0.25) is 0 Å². The zero-order valence-corrected chi connectivity index (χ0v) is 11.9. The van der Waals surface area contributed by atoms with E-state index < -0.39 is 5.97 Å². The van der Waals surface area contributed by atoms with E-state index in [9.17, 15) is 9.59 Å². The average Bonchev–Trinajstić information content (AvgIpc) is 2.55. The van der Waals surface area contributed by atoms with Crippen LogP contribution in [-0.2, 0) is 0 Å². The predicted molar refractivity (Wildman–Crippen MR) is 80.8 cm³/mol. The molecule has 0 atom stereocenters. The lowest BCUT2D eigenvalue weighted by Crippen LogP contribution is -2.08. The number of rotatable bonds is 8. The summed E-state index contributed by atoms with van der Waals surface area (Å²) in [6.45, 7) is 0.702. The summed E-state index contributed by atoms with van der Waals surface area (Å²) < 4.78 is 11.0. The van der Waals surface area contributed by atoms with Crippen LogP contribution < -0.4 is 9.47 Å². The first kappa shape index (κ1) is 15.6. The van der Waals surface area contributed by atoms with Gasteiger partial charge in [-0.1, -0.05) is 24.3 Å². The van der Waals surface area contributed by atoms with Crippen molar-refractivity contribution < 1.29 is 24.2 Å². The molecule has 0 fully saturated rings. The van der Waals surface area contributed by atoms with Crippen LogP contribution in [0.25, 0.3) is 0 Å². The smallest absolute Gasteiger partial charge is 0.339 e. The highest BCUT2D eigenvalue weighted by atomic mass is 16.5. The average molecular weight is 300 g/mol. The van der Waals surface area contributed by atoms with Gasteiger partial charge in [-0.25, -0.2) is 4.79 Å². The molecule has 0 saturated carbocycles. The fourth-order valence-corrected chi connectivity index (χ4v) is 1.90. The number of carboxylic acid groups (broad SMARTS) is 1. The number of benzene rings is 2. The van der Waals surface area contributed by atoms with Crippen molar-refractivity contribution in [2.24, 2.45) is 0 Å². The highest BCUT2D eigenvalue weighted by molar-refractivity contribution is 5.90. The molecule has 0 amide bonds. The van der Waals surface area contributed by atoms with Crippen LogP contribution >= 0.6 is 0 Å². The fourth-order valence-electron chi connectivity index (χ4n) is 1.90. The number of ether oxygens (including phenoxy) is 2. The van der Waals surface area contributed by atoms with Gasteiger partial charge in [0, 0.05) is 6.42 Å². The number of hydrogen-bond donors (Lipinski definition) is 1. The maximum Gasteiger partial charge on any atom is 0.339 e. The lowest BCUT2D eigenvalue weighted by Gasteiger charge is -2.10. The molecule has 0 bridgehead atoms. The van der Waals surface area contributed by atoms with E-state index in [0.717, 1.165) is 6.29 Å². The summed E-state index contributed by atoms with van der Waals surface area (Å²) in [6.07, 6.45) is 1.32. The van der Waals surface area contributed by atoms with Gasteiger partial charge in [-0.05, 0) is 24.3 Å². The maximum absolute atomic E-state index is 11.0. The molecule has 0 aliphatic heterocycles. The van der Waals surface area contributed by atoms with E-state index in [1.165, 1.54) is 6.07 Å². The predicted octanol–water partition coefficient (Wildman–Crippen LogP) is 3.05. The monoisotopic (exact) mass is 300 g/mol. The second kappa shape index (κ2) is 7.83. The molecule has 1 N–H and O–H groups in total. The molecule has 0 radical (unpaired) electrons. The number of aromatic carboxylic acids is 1. The minimum atomic E-state index is -1.02. The van der Waals surface area contributed by atoms with Crippen LogP contribution in [0.15, 0.2) is 48.5 Å².